The van der Waals surface area contributed by atoms with Crippen molar-refractivity contribution in [2.24, 2.45) is 5.92 Å². The highest BCUT2D eigenvalue weighted by molar-refractivity contribution is 7.09. The third-order valence-electron chi connectivity index (χ3n) is 6.14. The number of carboxylic acid groups (broad SMARTS) is 1. The second-order valence-corrected chi connectivity index (χ2v) is 9.17. The normalized spacial score (nSPS) is 20.6. The Bertz CT molecular complexity index is 1260. The lowest BCUT2D eigenvalue weighted by atomic mass is 9.96. The molecule has 2 unspecified atom stereocenters. The lowest BCUT2D eigenvalue weighted by molar-refractivity contribution is 0.0347. The van der Waals surface area contributed by atoms with Crippen molar-refractivity contribution in [1.82, 2.24) is 9.55 Å². The molecular formula is C23H20N2O6S. The Balaban J connectivity index is 1.49. The molecule has 0 radical (unpaired) electrons. The summed E-state index contributed by atoms with van der Waals surface area (Å²) in [7, 11) is 0. The summed E-state index contributed by atoms with van der Waals surface area (Å²) in [6.07, 6.45) is 5.62. The number of aromatic nitrogens is 2. The first-order valence-corrected chi connectivity index (χ1v) is 11.5. The number of benzene rings is 1. The van der Waals surface area contributed by atoms with Gasteiger partial charge in [0.2, 0.25) is 6.23 Å². The third-order valence-corrected chi connectivity index (χ3v) is 6.95. The van der Waals surface area contributed by atoms with Crippen LogP contribution in [0.4, 0.5) is 0 Å². The number of nitrogens with zero attached hydrogens (tertiary/aromatic N) is 2. The van der Waals surface area contributed by atoms with E-state index in [1.54, 1.807) is 10.8 Å². The third kappa shape index (κ3) is 3.20. The maximum atomic E-state index is 12.7. The number of rotatable bonds is 6. The van der Waals surface area contributed by atoms with Gasteiger partial charge in [-0.1, -0.05) is 12.8 Å². The van der Waals surface area contributed by atoms with Gasteiger partial charge in [0.1, 0.15) is 29.8 Å². The summed E-state index contributed by atoms with van der Waals surface area (Å²) in [6, 6.07) is 5.04. The predicted molar refractivity (Wildman–Crippen MR) is 116 cm³/mol. The van der Waals surface area contributed by atoms with Crippen LogP contribution in [0, 0.1) is 5.92 Å². The molecule has 8 nitrogen and oxygen atoms in total. The van der Waals surface area contributed by atoms with E-state index in [4.69, 9.17) is 14.2 Å². The summed E-state index contributed by atoms with van der Waals surface area (Å²) < 4.78 is 20.0. The van der Waals surface area contributed by atoms with Gasteiger partial charge in [0.05, 0.1) is 11.3 Å². The van der Waals surface area contributed by atoms with Crippen LogP contribution < -0.4 is 14.9 Å². The van der Waals surface area contributed by atoms with Crippen LogP contribution in [0.15, 0.2) is 40.8 Å². The standard InChI is InChI=1S/C23H20N2O6S/c26-15-9-14-19-17(4-3-16-20(19)18(11-30-16)29-7-5-12-1-2-12)31-22(21-24-6-8-32-21)25(14)10-13(15)23(27)28/h3-4,6,8-10,12,18,22H,1-2,5,7,11H2,(H,27,28). The lowest BCUT2D eigenvalue weighted by Crippen LogP contribution is -2.28. The molecule has 2 atom stereocenters. The van der Waals surface area contributed by atoms with Crippen molar-refractivity contribution in [1.29, 1.82) is 0 Å². The van der Waals surface area contributed by atoms with E-state index in [1.165, 1.54) is 36.4 Å². The van der Waals surface area contributed by atoms with E-state index in [0.29, 0.717) is 41.0 Å². The Morgan fingerprint density at radius 3 is 2.91 bits per heavy atom. The number of carbonyl (C=O) groups is 1. The number of thiazole rings is 1. The van der Waals surface area contributed by atoms with Crippen molar-refractivity contribution in [2.75, 3.05) is 13.2 Å². The first kappa shape index (κ1) is 19.5. The molecule has 3 aliphatic rings. The van der Waals surface area contributed by atoms with Crippen molar-refractivity contribution < 1.29 is 24.1 Å². The van der Waals surface area contributed by atoms with Crippen LogP contribution in [0.5, 0.6) is 11.5 Å². The summed E-state index contributed by atoms with van der Waals surface area (Å²) in [5, 5.41) is 12.0. The molecule has 2 aliphatic heterocycles. The molecule has 0 saturated heterocycles. The summed E-state index contributed by atoms with van der Waals surface area (Å²) in [5.74, 6) is 0.764. The number of hydrogen-bond acceptors (Lipinski definition) is 7. The number of ether oxygens (including phenoxy) is 3. The smallest absolute Gasteiger partial charge is 0.341 e. The fraction of sp³-hybridized carbons (Fsp3) is 0.348. The number of pyridine rings is 1. The molecule has 0 amide bonds. The number of fused-ring (bicyclic) bond motifs is 5. The van der Waals surface area contributed by atoms with Gasteiger partial charge in [0.15, 0.2) is 10.4 Å². The fourth-order valence-electron chi connectivity index (χ4n) is 4.36. The maximum absolute atomic E-state index is 12.7. The van der Waals surface area contributed by atoms with E-state index in [-0.39, 0.29) is 11.7 Å². The van der Waals surface area contributed by atoms with Crippen LogP contribution in [0.2, 0.25) is 0 Å². The first-order chi connectivity index (χ1) is 15.6. The molecule has 9 heteroatoms. The molecule has 1 saturated carbocycles. The molecule has 2 aromatic heterocycles. The van der Waals surface area contributed by atoms with Crippen molar-refractivity contribution >= 4 is 17.3 Å². The molecule has 1 fully saturated rings. The van der Waals surface area contributed by atoms with E-state index >= 15 is 0 Å². The zero-order valence-electron chi connectivity index (χ0n) is 17.0. The molecule has 4 heterocycles. The number of hydrogen-bond donors (Lipinski definition) is 1. The average molecular weight is 452 g/mol. The van der Waals surface area contributed by atoms with Crippen LogP contribution in [0.25, 0.3) is 11.3 Å². The molecule has 6 rings (SSSR count). The van der Waals surface area contributed by atoms with E-state index in [1.807, 2.05) is 17.5 Å². The minimum absolute atomic E-state index is 0.276. The number of carboxylic acids is 1. The number of aromatic carboxylic acids is 1. The van der Waals surface area contributed by atoms with Crippen LogP contribution in [-0.2, 0) is 4.74 Å². The van der Waals surface area contributed by atoms with Crippen LogP contribution in [0.1, 0.15) is 52.5 Å². The Hall–Kier alpha value is -3.17. The fourth-order valence-corrected chi connectivity index (χ4v) is 5.02. The molecule has 0 spiro atoms. The van der Waals surface area contributed by atoms with Gasteiger partial charge in [-0.3, -0.25) is 4.79 Å². The van der Waals surface area contributed by atoms with Gasteiger partial charge in [-0.05, 0) is 24.5 Å². The molecular weight excluding hydrogens is 432 g/mol. The summed E-state index contributed by atoms with van der Waals surface area (Å²) in [6.45, 7) is 1.04. The first-order valence-electron chi connectivity index (χ1n) is 10.6. The van der Waals surface area contributed by atoms with E-state index in [0.717, 1.165) is 17.9 Å². The molecule has 32 heavy (non-hydrogen) atoms. The van der Waals surface area contributed by atoms with Crippen LogP contribution in [0.3, 0.4) is 0 Å². The van der Waals surface area contributed by atoms with Gasteiger partial charge in [0, 0.05) is 36.0 Å². The topological polar surface area (TPSA) is 99.9 Å². The Morgan fingerprint density at radius 2 is 2.16 bits per heavy atom. The molecule has 1 N–H and O–H groups in total. The Morgan fingerprint density at radius 1 is 1.31 bits per heavy atom. The van der Waals surface area contributed by atoms with Gasteiger partial charge < -0.3 is 23.9 Å². The minimum Gasteiger partial charge on any atom is -0.490 e. The van der Waals surface area contributed by atoms with Gasteiger partial charge in [-0.15, -0.1) is 11.3 Å². The summed E-state index contributed by atoms with van der Waals surface area (Å²) in [4.78, 5) is 28.7. The summed E-state index contributed by atoms with van der Waals surface area (Å²) >= 11 is 1.40. The SMILES string of the molecule is O=C(O)c1cn2c(cc1=O)-c1c(ccc3c1C(OCCC1CC1)CO3)OC2c1nccs1. The van der Waals surface area contributed by atoms with Gasteiger partial charge in [-0.25, -0.2) is 9.78 Å². The van der Waals surface area contributed by atoms with E-state index in [9.17, 15) is 14.7 Å². The van der Waals surface area contributed by atoms with Crippen LogP contribution in [-0.4, -0.2) is 33.8 Å². The predicted octanol–water partition coefficient (Wildman–Crippen LogP) is 3.86. The monoisotopic (exact) mass is 452 g/mol. The zero-order chi connectivity index (χ0) is 21.8. The van der Waals surface area contributed by atoms with Crippen molar-refractivity contribution in [3.63, 3.8) is 0 Å². The maximum Gasteiger partial charge on any atom is 0.341 e. The largest absolute Gasteiger partial charge is 0.490 e. The molecule has 164 valence electrons. The molecule has 1 aliphatic carbocycles. The van der Waals surface area contributed by atoms with Gasteiger partial charge in [0.25, 0.3) is 0 Å². The Kier molecular flexibility index (Phi) is 4.55. The van der Waals surface area contributed by atoms with Crippen molar-refractivity contribution in [3.05, 3.63) is 62.3 Å². The van der Waals surface area contributed by atoms with Crippen molar-refractivity contribution in [2.45, 2.75) is 31.6 Å². The quantitative estimate of drug-likeness (QED) is 0.606. The van der Waals surface area contributed by atoms with Crippen molar-refractivity contribution in [3.8, 4) is 22.8 Å². The second-order valence-electron chi connectivity index (χ2n) is 8.24. The minimum atomic E-state index is -1.28. The highest BCUT2D eigenvalue weighted by Gasteiger charge is 2.37. The van der Waals surface area contributed by atoms with Crippen LogP contribution >= 0.6 is 11.3 Å². The van der Waals surface area contributed by atoms with Gasteiger partial charge in [-0.2, -0.15) is 0 Å². The highest BCUT2D eigenvalue weighted by atomic mass is 32.1. The lowest BCUT2D eigenvalue weighted by Gasteiger charge is -2.31. The average Bonchev–Trinajstić information content (AvgIpc) is 3.27. The zero-order valence-corrected chi connectivity index (χ0v) is 17.8. The molecule has 1 aromatic carbocycles. The highest BCUT2D eigenvalue weighted by Crippen LogP contribution is 2.50. The summed E-state index contributed by atoms with van der Waals surface area (Å²) in [5.41, 5.74) is 1.24. The van der Waals surface area contributed by atoms with Gasteiger partial charge >= 0.3 is 5.97 Å². The van der Waals surface area contributed by atoms with E-state index in [2.05, 4.69) is 4.98 Å². The molecule has 3 aromatic rings. The second kappa shape index (κ2) is 7.46. The van der Waals surface area contributed by atoms with E-state index < -0.39 is 17.6 Å². The molecule has 0 bridgehead atoms. The Labute approximate surface area is 187 Å².